The lowest BCUT2D eigenvalue weighted by atomic mass is 10.1. The topological polar surface area (TPSA) is 110 Å². The molecule has 2 aromatic rings. The minimum absolute atomic E-state index is 0.0943. The maximum atomic E-state index is 13.8. The number of nitrogens with zero attached hydrogens (tertiary/aromatic N) is 2. The lowest BCUT2D eigenvalue weighted by molar-refractivity contribution is -0.385. The lowest BCUT2D eigenvalue weighted by Crippen LogP contribution is -2.37. The molecular weight excluding hydrogens is 345 g/mol. The third kappa shape index (κ3) is 2.90. The van der Waals surface area contributed by atoms with E-state index < -0.39 is 40.7 Å². The van der Waals surface area contributed by atoms with E-state index in [9.17, 15) is 28.9 Å². The van der Waals surface area contributed by atoms with Crippen LogP contribution in [0.3, 0.4) is 0 Å². The second-order valence-electron chi connectivity index (χ2n) is 5.68. The second-order valence-corrected chi connectivity index (χ2v) is 5.68. The number of rotatable bonds is 4. The molecule has 0 fully saturated rings. The molecule has 0 unspecified atom stereocenters. The normalized spacial score (nSPS) is 12.9. The standard InChI is InChI=1S/C17H12FN3O5/c1-9-5-6-12(11(18)7-9)19-14(22)8-20-16(23)10-3-2-4-13(21(25)26)15(10)17(20)24/h2-7H,8H2,1H3,(H,19,22). The molecule has 0 saturated carbocycles. The average molecular weight is 357 g/mol. The first-order chi connectivity index (χ1) is 12.3. The van der Waals surface area contributed by atoms with E-state index in [1.807, 2.05) is 0 Å². The van der Waals surface area contributed by atoms with E-state index in [2.05, 4.69) is 5.32 Å². The van der Waals surface area contributed by atoms with Crippen molar-refractivity contribution in [3.63, 3.8) is 0 Å². The second kappa shape index (κ2) is 6.36. The first-order valence-electron chi connectivity index (χ1n) is 7.49. The summed E-state index contributed by atoms with van der Waals surface area (Å²) in [6.45, 7) is 0.997. The molecule has 1 aliphatic heterocycles. The van der Waals surface area contributed by atoms with Crippen LogP contribution >= 0.6 is 0 Å². The SMILES string of the molecule is Cc1ccc(NC(=O)CN2C(=O)c3cccc([N+](=O)[O-])c3C2=O)c(F)c1. The van der Waals surface area contributed by atoms with Crippen LogP contribution in [-0.2, 0) is 4.79 Å². The van der Waals surface area contributed by atoms with Crippen molar-refractivity contribution in [2.45, 2.75) is 6.92 Å². The molecule has 8 nitrogen and oxygen atoms in total. The van der Waals surface area contributed by atoms with E-state index in [1.165, 1.54) is 24.3 Å². The number of nitrogens with one attached hydrogen (secondary N) is 1. The van der Waals surface area contributed by atoms with Crippen LogP contribution < -0.4 is 5.32 Å². The van der Waals surface area contributed by atoms with Crippen molar-refractivity contribution in [3.05, 3.63) is 69.0 Å². The van der Waals surface area contributed by atoms with Gasteiger partial charge in [0.1, 0.15) is 17.9 Å². The third-order valence-corrected chi connectivity index (χ3v) is 3.87. The van der Waals surface area contributed by atoms with Gasteiger partial charge in [-0.25, -0.2) is 4.39 Å². The summed E-state index contributed by atoms with van der Waals surface area (Å²) >= 11 is 0. The van der Waals surface area contributed by atoms with Crippen molar-refractivity contribution in [1.82, 2.24) is 4.90 Å². The van der Waals surface area contributed by atoms with Gasteiger partial charge in [-0.2, -0.15) is 0 Å². The van der Waals surface area contributed by atoms with Crippen molar-refractivity contribution >= 4 is 29.1 Å². The molecule has 1 heterocycles. The fraction of sp³-hybridized carbons (Fsp3) is 0.118. The molecule has 0 aromatic heterocycles. The quantitative estimate of drug-likeness (QED) is 0.513. The van der Waals surface area contributed by atoms with Crippen LogP contribution in [0.15, 0.2) is 36.4 Å². The summed E-state index contributed by atoms with van der Waals surface area (Å²) in [6, 6.07) is 7.84. The Morgan fingerprint density at radius 3 is 2.62 bits per heavy atom. The molecule has 26 heavy (non-hydrogen) atoms. The summed E-state index contributed by atoms with van der Waals surface area (Å²) in [6.07, 6.45) is 0. The number of carbonyl (C=O) groups is 3. The maximum absolute atomic E-state index is 13.8. The van der Waals surface area contributed by atoms with Crippen LogP contribution in [0.5, 0.6) is 0 Å². The fourth-order valence-corrected chi connectivity index (χ4v) is 2.67. The number of aryl methyl sites for hydroxylation is 1. The Kier molecular flexibility index (Phi) is 4.21. The molecule has 1 aliphatic rings. The van der Waals surface area contributed by atoms with Gasteiger partial charge in [0.05, 0.1) is 16.2 Å². The van der Waals surface area contributed by atoms with E-state index in [-0.39, 0.29) is 16.8 Å². The smallest absolute Gasteiger partial charge is 0.282 e. The Balaban J connectivity index is 1.82. The summed E-state index contributed by atoms with van der Waals surface area (Å²) in [4.78, 5) is 47.7. The number of carbonyl (C=O) groups excluding carboxylic acids is 3. The van der Waals surface area contributed by atoms with Crippen molar-refractivity contribution in [2.75, 3.05) is 11.9 Å². The minimum atomic E-state index is -0.933. The number of anilines is 1. The Morgan fingerprint density at radius 2 is 1.96 bits per heavy atom. The van der Waals surface area contributed by atoms with Gasteiger partial charge in [0.2, 0.25) is 5.91 Å². The van der Waals surface area contributed by atoms with Crippen LogP contribution in [-0.4, -0.2) is 34.1 Å². The Labute approximate surface area is 146 Å². The number of imide groups is 1. The Bertz CT molecular complexity index is 973. The van der Waals surface area contributed by atoms with Gasteiger partial charge in [-0.05, 0) is 30.7 Å². The molecule has 2 aromatic carbocycles. The van der Waals surface area contributed by atoms with Crippen LogP contribution in [0.1, 0.15) is 26.3 Å². The monoisotopic (exact) mass is 357 g/mol. The molecule has 0 atom stereocenters. The van der Waals surface area contributed by atoms with Gasteiger partial charge in [-0.15, -0.1) is 0 Å². The predicted molar refractivity (Wildman–Crippen MR) is 88.2 cm³/mol. The van der Waals surface area contributed by atoms with E-state index in [0.29, 0.717) is 10.5 Å². The van der Waals surface area contributed by atoms with Gasteiger partial charge in [0.25, 0.3) is 17.5 Å². The molecule has 132 valence electrons. The van der Waals surface area contributed by atoms with E-state index in [0.717, 1.165) is 6.07 Å². The van der Waals surface area contributed by atoms with Gasteiger partial charge in [0.15, 0.2) is 0 Å². The highest BCUT2D eigenvalue weighted by Gasteiger charge is 2.41. The zero-order valence-electron chi connectivity index (χ0n) is 13.5. The molecule has 1 N–H and O–H groups in total. The number of nitro groups is 1. The molecular formula is C17H12FN3O5. The van der Waals surface area contributed by atoms with Gasteiger partial charge >= 0.3 is 0 Å². The largest absolute Gasteiger partial charge is 0.322 e. The van der Waals surface area contributed by atoms with Crippen molar-refractivity contribution < 1.29 is 23.7 Å². The number of hydrogen-bond donors (Lipinski definition) is 1. The Morgan fingerprint density at radius 1 is 1.23 bits per heavy atom. The number of fused-ring (bicyclic) bond motifs is 1. The fourth-order valence-electron chi connectivity index (χ4n) is 2.67. The highest BCUT2D eigenvalue weighted by Crippen LogP contribution is 2.30. The number of hydrogen-bond acceptors (Lipinski definition) is 5. The minimum Gasteiger partial charge on any atom is -0.322 e. The number of halogens is 1. The number of benzene rings is 2. The van der Waals surface area contributed by atoms with Crippen molar-refractivity contribution in [1.29, 1.82) is 0 Å². The summed E-state index contributed by atoms with van der Waals surface area (Å²) in [5.41, 5.74) is -0.431. The first kappa shape index (κ1) is 17.2. The predicted octanol–water partition coefficient (Wildman–Crippen LogP) is 2.28. The zero-order chi connectivity index (χ0) is 19.0. The molecule has 3 amide bonds. The Hall–Kier alpha value is -3.62. The highest BCUT2D eigenvalue weighted by atomic mass is 19.1. The summed E-state index contributed by atoms with van der Waals surface area (Å²) < 4.78 is 13.8. The maximum Gasteiger partial charge on any atom is 0.282 e. The van der Waals surface area contributed by atoms with Gasteiger partial charge in [0, 0.05) is 6.07 Å². The van der Waals surface area contributed by atoms with Crippen LogP contribution in [0.25, 0.3) is 0 Å². The summed E-state index contributed by atoms with van der Waals surface area (Å²) in [7, 11) is 0. The van der Waals surface area contributed by atoms with E-state index in [4.69, 9.17) is 0 Å². The number of nitro benzene ring substituents is 1. The van der Waals surface area contributed by atoms with Crippen LogP contribution in [0.2, 0.25) is 0 Å². The molecule has 0 radical (unpaired) electrons. The van der Waals surface area contributed by atoms with E-state index >= 15 is 0 Å². The van der Waals surface area contributed by atoms with Crippen molar-refractivity contribution in [3.8, 4) is 0 Å². The first-order valence-corrected chi connectivity index (χ1v) is 7.49. The molecule has 0 saturated heterocycles. The van der Waals surface area contributed by atoms with Gasteiger partial charge < -0.3 is 5.32 Å². The summed E-state index contributed by atoms with van der Waals surface area (Å²) in [5.74, 6) is -3.20. The van der Waals surface area contributed by atoms with E-state index in [1.54, 1.807) is 13.0 Å². The summed E-state index contributed by atoms with van der Waals surface area (Å²) in [5, 5.41) is 13.3. The van der Waals surface area contributed by atoms with Crippen molar-refractivity contribution in [2.24, 2.45) is 0 Å². The van der Waals surface area contributed by atoms with Crippen LogP contribution in [0, 0.1) is 22.9 Å². The zero-order valence-corrected chi connectivity index (χ0v) is 13.5. The highest BCUT2D eigenvalue weighted by molar-refractivity contribution is 6.24. The van der Waals surface area contributed by atoms with Crippen LogP contribution in [0.4, 0.5) is 15.8 Å². The third-order valence-electron chi connectivity index (χ3n) is 3.87. The molecule has 0 bridgehead atoms. The molecule has 9 heteroatoms. The van der Waals surface area contributed by atoms with Gasteiger partial charge in [-0.3, -0.25) is 29.4 Å². The molecule has 0 aliphatic carbocycles. The lowest BCUT2D eigenvalue weighted by Gasteiger charge is -2.14. The molecule has 3 rings (SSSR count). The number of amides is 3. The van der Waals surface area contributed by atoms with Gasteiger partial charge in [-0.1, -0.05) is 12.1 Å². The molecule has 0 spiro atoms. The average Bonchev–Trinajstić information content (AvgIpc) is 2.82.